The predicted molar refractivity (Wildman–Crippen MR) is 119 cm³/mol. The quantitative estimate of drug-likeness (QED) is 0.666. The van der Waals surface area contributed by atoms with Crippen LogP contribution in [0.1, 0.15) is 37.8 Å². The Morgan fingerprint density at radius 3 is 2.84 bits per heavy atom. The van der Waals surface area contributed by atoms with Crippen LogP contribution in [0.3, 0.4) is 0 Å². The number of amides is 2. The van der Waals surface area contributed by atoms with Crippen molar-refractivity contribution >= 4 is 28.5 Å². The molecule has 2 unspecified atom stereocenters. The lowest BCUT2D eigenvalue weighted by molar-refractivity contribution is -0.139. The number of furan rings is 2. The van der Waals surface area contributed by atoms with Gasteiger partial charge in [-0.2, -0.15) is 5.10 Å². The Kier molecular flexibility index (Phi) is 5.30. The van der Waals surface area contributed by atoms with Gasteiger partial charge in [0.2, 0.25) is 5.91 Å². The summed E-state index contributed by atoms with van der Waals surface area (Å²) in [5, 5.41) is 10.0. The number of hydrogen-bond acceptors (Lipinski definition) is 6. The normalized spacial score (nSPS) is 21.9. The van der Waals surface area contributed by atoms with Crippen molar-refractivity contribution in [3.8, 4) is 0 Å². The zero-order chi connectivity index (χ0) is 22.2. The summed E-state index contributed by atoms with van der Waals surface area (Å²) in [4.78, 5) is 27.8. The van der Waals surface area contributed by atoms with Gasteiger partial charge in [-0.05, 0) is 30.2 Å². The molecule has 4 heterocycles. The van der Waals surface area contributed by atoms with E-state index in [4.69, 9.17) is 8.83 Å². The predicted octanol–water partition coefficient (Wildman–Crippen LogP) is 3.16. The molecule has 2 atom stereocenters. The fraction of sp³-hybridized carbons (Fsp3) is 0.375. The fourth-order valence-corrected chi connectivity index (χ4v) is 4.60. The van der Waals surface area contributed by atoms with Crippen LogP contribution in [0.25, 0.3) is 11.0 Å². The van der Waals surface area contributed by atoms with Gasteiger partial charge in [-0.15, -0.1) is 0 Å². The number of carbonyl (C=O) groups excluding carboxylic acids is 2. The topological polar surface area (TPSA) is 91.3 Å². The largest absolute Gasteiger partial charge is 0.467 e. The molecule has 3 aromatic rings. The third-order valence-electron chi connectivity index (χ3n) is 6.08. The van der Waals surface area contributed by atoms with Crippen LogP contribution in [0.2, 0.25) is 0 Å². The second-order valence-electron chi connectivity index (χ2n) is 8.62. The maximum atomic E-state index is 13.4. The zero-order valence-corrected chi connectivity index (χ0v) is 18.2. The van der Waals surface area contributed by atoms with Gasteiger partial charge in [0.1, 0.15) is 23.1 Å². The molecule has 1 aromatic carbocycles. The average Bonchev–Trinajstić information content (AvgIpc) is 3.51. The molecule has 0 bridgehead atoms. The summed E-state index contributed by atoms with van der Waals surface area (Å²) in [6, 6.07) is 12.7. The van der Waals surface area contributed by atoms with E-state index in [0.29, 0.717) is 36.7 Å². The summed E-state index contributed by atoms with van der Waals surface area (Å²) in [7, 11) is 0. The highest BCUT2D eigenvalue weighted by Crippen LogP contribution is 2.34. The highest BCUT2D eigenvalue weighted by molar-refractivity contribution is 6.03. The number of nitrogens with one attached hydrogen (secondary N) is 1. The first kappa shape index (κ1) is 20.5. The SMILES string of the molecule is CC(C)C1C(=O)NCCN1CC(=O)N1N=C(c2cc3ccccc3o2)CC1c1ccco1. The summed E-state index contributed by atoms with van der Waals surface area (Å²) in [5.41, 5.74) is 1.48. The Bertz CT molecular complexity index is 1130. The number of piperazine rings is 1. The van der Waals surface area contributed by atoms with Crippen LogP contribution in [0.4, 0.5) is 0 Å². The van der Waals surface area contributed by atoms with Gasteiger partial charge < -0.3 is 14.2 Å². The number of benzene rings is 1. The van der Waals surface area contributed by atoms with E-state index in [2.05, 4.69) is 10.4 Å². The molecule has 32 heavy (non-hydrogen) atoms. The summed E-state index contributed by atoms with van der Waals surface area (Å²) < 4.78 is 11.6. The molecule has 1 fully saturated rings. The lowest BCUT2D eigenvalue weighted by Gasteiger charge is -2.37. The van der Waals surface area contributed by atoms with E-state index in [0.717, 1.165) is 11.0 Å². The molecular weight excluding hydrogens is 408 g/mol. The van der Waals surface area contributed by atoms with Crippen molar-refractivity contribution in [2.24, 2.45) is 11.0 Å². The molecule has 0 saturated carbocycles. The zero-order valence-electron chi connectivity index (χ0n) is 18.2. The molecule has 2 aliphatic rings. The number of hydrogen-bond donors (Lipinski definition) is 1. The first-order chi connectivity index (χ1) is 15.5. The maximum Gasteiger partial charge on any atom is 0.257 e. The van der Waals surface area contributed by atoms with Gasteiger partial charge in [-0.3, -0.25) is 14.5 Å². The fourth-order valence-electron chi connectivity index (χ4n) is 4.60. The molecule has 5 rings (SSSR count). The first-order valence-corrected chi connectivity index (χ1v) is 10.9. The van der Waals surface area contributed by atoms with E-state index < -0.39 is 0 Å². The number of nitrogens with zero attached hydrogens (tertiary/aromatic N) is 3. The summed E-state index contributed by atoms with van der Waals surface area (Å²) in [5.74, 6) is 1.21. The molecule has 1 saturated heterocycles. The van der Waals surface area contributed by atoms with Crippen molar-refractivity contribution in [2.75, 3.05) is 19.6 Å². The van der Waals surface area contributed by atoms with Crippen molar-refractivity contribution < 1.29 is 18.4 Å². The number of hydrazone groups is 1. The van der Waals surface area contributed by atoms with Gasteiger partial charge >= 0.3 is 0 Å². The summed E-state index contributed by atoms with van der Waals surface area (Å²) in [6.07, 6.45) is 2.09. The average molecular weight is 434 g/mol. The third-order valence-corrected chi connectivity index (χ3v) is 6.08. The van der Waals surface area contributed by atoms with E-state index in [1.807, 2.05) is 55.1 Å². The molecule has 2 aliphatic heterocycles. The molecule has 0 radical (unpaired) electrons. The number of carbonyl (C=O) groups is 2. The van der Waals surface area contributed by atoms with Gasteiger partial charge in [0, 0.05) is 24.9 Å². The van der Waals surface area contributed by atoms with Gasteiger partial charge in [0.25, 0.3) is 5.91 Å². The molecule has 0 aliphatic carbocycles. The molecular formula is C24H26N4O4. The van der Waals surface area contributed by atoms with Crippen LogP contribution in [-0.2, 0) is 9.59 Å². The van der Waals surface area contributed by atoms with Crippen LogP contribution < -0.4 is 5.32 Å². The summed E-state index contributed by atoms with van der Waals surface area (Å²) in [6.45, 7) is 5.26. The maximum absolute atomic E-state index is 13.4. The monoisotopic (exact) mass is 434 g/mol. The first-order valence-electron chi connectivity index (χ1n) is 10.9. The van der Waals surface area contributed by atoms with E-state index in [1.165, 1.54) is 5.01 Å². The molecule has 1 N–H and O–H groups in total. The minimum absolute atomic E-state index is 0.0328. The second-order valence-corrected chi connectivity index (χ2v) is 8.62. The van der Waals surface area contributed by atoms with Crippen molar-refractivity contribution in [3.05, 3.63) is 60.2 Å². The molecule has 166 valence electrons. The third kappa shape index (κ3) is 3.71. The van der Waals surface area contributed by atoms with Crippen LogP contribution in [0.5, 0.6) is 0 Å². The minimum atomic E-state index is -0.350. The molecule has 8 heteroatoms. The highest BCUT2D eigenvalue weighted by Gasteiger charge is 2.39. The smallest absolute Gasteiger partial charge is 0.257 e. The van der Waals surface area contributed by atoms with Crippen molar-refractivity contribution in [3.63, 3.8) is 0 Å². The minimum Gasteiger partial charge on any atom is -0.467 e. The van der Waals surface area contributed by atoms with Crippen molar-refractivity contribution in [2.45, 2.75) is 32.4 Å². The molecule has 0 spiro atoms. The van der Waals surface area contributed by atoms with Gasteiger partial charge in [-0.25, -0.2) is 5.01 Å². The Labute approximate surface area is 185 Å². The molecule has 2 aromatic heterocycles. The number of rotatable bonds is 5. The Morgan fingerprint density at radius 1 is 1.25 bits per heavy atom. The summed E-state index contributed by atoms with van der Waals surface area (Å²) >= 11 is 0. The van der Waals surface area contributed by atoms with E-state index >= 15 is 0 Å². The lowest BCUT2D eigenvalue weighted by Crippen LogP contribution is -2.59. The van der Waals surface area contributed by atoms with Crippen LogP contribution >= 0.6 is 0 Å². The Balaban J connectivity index is 1.43. The van der Waals surface area contributed by atoms with Crippen LogP contribution in [0, 0.1) is 5.92 Å². The van der Waals surface area contributed by atoms with Crippen molar-refractivity contribution in [1.82, 2.24) is 15.2 Å². The highest BCUT2D eigenvalue weighted by atomic mass is 16.3. The van der Waals surface area contributed by atoms with E-state index in [1.54, 1.807) is 12.3 Å². The molecule has 8 nitrogen and oxygen atoms in total. The van der Waals surface area contributed by atoms with Crippen molar-refractivity contribution in [1.29, 1.82) is 0 Å². The number of fused-ring (bicyclic) bond motifs is 1. The number of para-hydroxylation sites is 1. The lowest BCUT2D eigenvalue weighted by atomic mass is 9.99. The van der Waals surface area contributed by atoms with E-state index in [9.17, 15) is 9.59 Å². The Morgan fingerprint density at radius 2 is 2.09 bits per heavy atom. The molecule has 2 amide bonds. The second kappa shape index (κ2) is 8.27. The van der Waals surface area contributed by atoms with Gasteiger partial charge in [0.05, 0.1) is 18.8 Å². The van der Waals surface area contributed by atoms with Crippen LogP contribution in [-0.4, -0.2) is 53.1 Å². The van der Waals surface area contributed by atoms with Gasteiger partial charge in [0.15, 0.2) is 5.76 Å². The van der Waals surface area contributed by atoms with Crippen LogP contribution in [0.15, 0.2) is 62.7 Å². The van der Waals surface area contributed by atoms with E-state index in [-0.39, 0.29) is 36.4 Å². The van der Waals surface area contributed by atoms with Gasteiger partial charge in [-0.1, -0.05) is 32.0 Å². The Hall–Kier alpha value is -3.39. The standard InChI is InChI=1S/C24H26N4O4/c1-15(2)23-24(30)25-9-10-27(23)14-22(29)28-18(20-8-5-11-31-20)13-17(26-28)21-12-16-6-3-4-7-19(16)32-21/h3-8,11-12,15,18,23H,9-10,13-14H2,1-2H3,(H,25,30).